The van der Waals surface area contributed by atoms with Crippen molar-refractivity contribution in [2.75, 3.05) is 19.0 Å². The molecule has 0 N–H and O–H groups in total. The van der Waals surface area contributed by atoms with Gasteiger partial charge >= 0.3 is 5.97 Å². The van der Waals surface area contributed by atoms with Gasteiger partial charge in [0.1, 0.15) is 12.3 Å². The molecular weight excluding hydrogens is 384 g/mol. The molecule has 142 valence electrons. The minimum Gasteiger partial charge on any atom is -0.493 e. The summed E-state index contributed by atoms with van der Waals surface area (Å²) in [6, 6.07) is 13.4. The largest absolute Gasteiger partial charge is 0.493 e. The molecule has 0 unspecified atom stereocenters. The highest BCUT2D eigenvalue weighted by atomic mass is 35.5. The maximum absolute atomic E-state index is 12.0. The van der Waals surface area contributed by atoms with Crippen LogP contribution < -0.4 is 4.74 Å². The molecule has 5 nitrogen and oxygen atoms in total. The number of imidazole rings is 1. The zero-order valence-corrected chi connectivity index (χ0v) is 16.8. The molecule has 3 rings (SSSR count). The van der Waals surface area contributed by atoms with Gasteiger partial charge in [-0.25, -0.2) is 4.98 Å². The summed E-state index contributed by atoms with van der Waals surface area (Å²) in [5.74, 6) is 1.22. The predicted molar refractivity (Wildman–Crippen MR) is 109 cm³/mol. The van der Waals surface area contributed by atoms with Crippen LogP contribution in [0.3, 0.4) is 0 Å². The van der Waals surface area contributed by atoms with Crippen molar-refractivity contribution < 1.29 is 14.3 Å². The average molecular weight is 405 g/mol. The van der Waals surface area contributed by atoms with Crippen LogP contribution in [0.5, 0.6) is 5.75 Å². The third kappa shape index (κ3) is 4.96. The van der Waals surface area contributed by atoms with Crippen LogP contribution in [0.25, 0.3) is 11.0 Å². The number of rotatable bonds is 8. The molecule has 1 heterocycles. The van der Waals surface area contributed by atoms with E-state index in [-0.39, 0.29) is 12.5 Å². The van der Waals surface area contributed by atoms with Gasteiger partial charge in [0.15, 0.2) is 5.16 Å². The molecule has 7 heteroatoms. The summed E-state index contributed by atoms with van der Waals surface area (Å²) >= 11 is 7.59. The van der Waals surface area contributed by atoms with Gasteiger partial charge in [-0.2, -0.15) is 0 Å². The Balaban J connectivity index is 1.66. The van der Waals surface area contributed by atoms with Crippen molar-refractivity contribution >= 4 is 40.4 Å². The van der Waals surface area contributed by atoms with Gasteiger partial charge in [-0.3, -0.25) is 4.79 Å². The number of esters is 1. The van der Waals surface area contributed by atoms with Crippen molar-refractivity contribution in [3.63, 3.8) is 0 Å². The van der Waals surface area contributed by atoms with E-state index in [1.54, 1.807) is 18.7 Å². The number of hydrogen-bond acceptors (Lipinski definition) is 5. The van der Waals surface area contributed by atoms with E-state index in [2.05, 4.69) is 4.98 Å². The molecule has 0 atom stereocenters. The minimum atomic E-state index is -0.268. The first kappa shape index (κ1) is 19.6. The molecule has 0 spiro atoms. The maximum atomic E-state index is 12.0. The number of hydrogen-bond donors (Lipinski definition) is 0. The Morgan fingerprint density at radius 2 is 2.07 bits per heavy atom. The number of carbonyl (C=O) groups is 1. The number of aryl methyl sites for hydroxylation is 1. The average Bonchev–Trinajstić information content (AvgIpc) is 2.99. The van der Waals surface area contributed by atoms with Crippen LogP contribution in [-0.4, -0.2) is 34.5 Å². The van der Waals surface area contributed by atoms with Gasteiger partial charge < -0.3 is 14.0 Å². The molecule has 0 saturated heterocycles. The van der Waals surface area contributed by atoms with Gasteiger partial charge in [0.25, 0.3) is 0 Å². The number of aromatic nitrogens is 2. The maximum Gasteiger partial charge on any atom is 0.326 e. The quantitative estimate of drug-likeness (QED) is 0.308. The van der Waals surface area contributed by atoms with E-state index < -0.39 is 0 Å². The number of fused-ring (bicyclic) bond motifs is 1. The normalized spacial score (nSPS) is 10.9. The number of benzene rings is 2. The van der Waals surface area contributed by atoms with Crippen LogP contribution in [-0.2, 0) is 16.1 Å². The van der Waals surface area contributed by atoms with Crippen molar-refractivity contribution in [3.8, 4) is 5.75 Å². The van der Waals surface area contributed by atoms with Crippen molar-refractivity contribution in [2.24, 2.45) is 0 Å². The van der Waals surface area contributed by atoms with Crippen LogP contribution in [0, 0.1) is 6.92 Å². The Hall–Kier alpha value is -2.18. The van der Waals surface area contributed by atoms with Gasteiger partial charge in [-0.05, 0) is 49.7 Å². The minimum absolute atomic E-state index is 0.147. The summed E-state index contributed by atoms with van der Waals surface area (Å²) < 4.78 is 12.8. The summed E-state index contributed by atoms with van der Waals surface area (Å²) in [4.78, 5) is 16.6. The van der Waals surface area contributed by atoms with E-state index in [9.17, 15) is 4.79 Å². The Morgan fingerprint density at radius 1 is 1.26 bits per heavy atom. The number of ether oxygens (including phenoxy) is 2. The molecule has 3 aromatic rings. The van der Waals surface area contributed by atoms with Crippen LogP contribution in [0.2, 0.25) is 5.02 Å². The lowest BCUT2D eigenvalue weighted by molar-refractivity contribution is -0.143. The van der Waals surface area contributed by atoms with E-state index >= 15 is 0 Å². The van der Waals surface area contributed by atoms with Crippen LogP contribution >= 0.6 is 23.4 Å². The molecule has 1 aromatic heterocycles. The van der Waals surface area contributed by atoms with Crippen molar-refractivity contribution in [2.45, 2.75) is 25.5 Å². The molecule has 2 aromatic carbocycles. The van der Waals surface area contributed by atoms with Crippen molar-refractivity contribution in [1.82, 2.24) is 9.55 Å². The Labute approximate surface area is 167 Å². The lowest BCUT2D eigenvalue weighted by atomic mass is 10.2. The van der Waals surface area contributed by atoms with Crippen molar-refractivity contribution in [1.29, 1.82) is 0 Å². The molecule has 0 radical (unpaired) electrons. The first-order chi connectivity index (χ1) is 13.1. The Kier molecular flexibility index (Phi) is 6.63. The number of halogens is 1. The number of nitrogens with zero attached hydrogens (tertiary/aromatic N) is 2. The molecule has 0 aliphatic carbocycles. The molecular formula is C20H21ClN2O3S. The monoisotopic (exact) mass is 404 g/mol. The summed E-state index contributed by atoms with van der Waals surface area (Å²) in [5, 5.41) is 1.50. The van der Waals surface area contributed by atoms with Crippen LogP contribution in [0.15, 0.2) is 47.6 Å². The van der Waals surface area contributed by atoms with Gasteiger partial charge in [-0.1, -0.05) is 35.5 Å². The van der Waals surface area contributed by atoms with E-state index in [1.165, 1.54) is 0 Å². The first-order valence-corrected chi connectivity index (χ1v) is 10.1. The first-order valence-electron chi connectivity index (χ1n) is 8.71. The fourth-order valence-electron chi connectivity index (χ4n) is 2.65. The molecule has 0 aliphatic rings. The Morgan fingerprint density at radius 3 is 2.85 bits per heavy atom. The van der Waals surface area contributed by atoms with E-state index in [1.807, 2.05) is 54.0 Å². The third-order valence-corrected chi connectivity index (χ3v) is 5.29. The smallest absolute Gasteiger partial charge is 0.326 e. The van der Waals surface area contributed by atoms with Crippen LogP contribution in [0.4, 0.5) is 0 Å². The second kappa shape index (κ2) is 9.15. The topological polar surface area (TPSA) is 53.4 Å². The lowest BCUT2D eigenvalue weighted by Crippen LogP contribution is -2.14. The summed E-state index contributed by atoms with van der Waals surface area (Å²) in [5.41, 5.74) is 2.76. The number of thioether (sulfide) groups is 1. The van der Waals surface area contributed by atoms with Gasteiger partial charge in [0.2, 0.25) is 0 Å². The molecule has 0 saturated carbocycles. The van der Waals surface area contributed by atoms with Crippen molar-refractivity contribution in [3.05, 3.63) is 53.1 Å². The molecule has 0 bridgehead atoms. The highest BCUT2D eigenvalue weighted by molar-refractivity contribution is 7.99. The zero-order chi connectivity index (χ0) is 19.2. The second-order valence-corrected chi connectivity index (χ2v) is 7.35. The van der Waals surface area contributed by atoms with Crippen LogP contribution in [0.1, 0.15) is 12.5 Å². The Bertz CT molecular complexity index is 942. The third-order valence-electron chi connectivity index (χ3n) is 3.92. The van der Waals surface area contributed by atoms with Gasteiger partial charge in [0.05, 0.1) is 24.2 Å². The zero-order valence-electron chi connectivity index (χ0n) is 15.3. The summed E-state index contributed by atoms with van der Waals surface area (Å²) in [6.07, 6.45) is 0. The highest BCUT2D eigenvalue weighted by Crippen LogP contribution is 2.25. The molecule has 0 aliphatic heterocycles. The summed E-state index contributed by atoms with van der Waals surface area (Å²) in [6.45, 7) is 4.78. The molecule has 0 amide bonds. The van der Waals surface area contributed by atoms with Gasteiger partial charge in [-0.15, -0.1) is 0 Å². The highest BCUT2D eigenvalue weighted by Gasteiger charge is 2.14. The fourth-order valence-corrected chi connectivity index (χ4v) is 3.60. The standard InChI is InChI=1S/C20H21ClN2O3S/c1-3-25-19(24)13-23-18-7-5-4-6-17(18)22-20(23)27-11-10-26-15-8-9-16(21)14(2)12-15/h4-9,12H,3,10-11,13H2,1-2H3. The number of para-hydroxylation sites is 2. The lowest BCUT2D eigenvalue weighted by Gasteiger charge is -2.09. The van der Waals surface area contributed by atoms with E-state index in [0.29, 0.717) is 19.0 Å². The van der Waals surface area contributed by atoms with Gasteiger partial charge in [0, 0.05) is 10.8 Å². The number of carbonyl (C=O) groups excluding carboxylic acids is 1. The fraction of sp³-hybridized carbons (Fsp3) is 0.300. The SMILES string of the molecule is CCOC(=O)Cn1c(SCCOc2ccc(Cl)c(C)c2)nc2ccccc21. The summed E-state index contributed by atoms with van der Waals surface area (Å²) in [7, 11) is 0. The predicted octanol–water partition coefficient (Wildman–Crippen LogP) is 4.73. The molecule has 27 heavy (non-hydrogen) atoms. The van der Waals surface area contributed by atoms with E-state index in [0.717, 1.165) is 32.5 Å². The second-order valence-electron chi connectivity index (χ2n) is 5.88. The molecule has 0 fully saturated rings. The van der Waals surface area contributed by atoms with E-state index in [4.69, 9.17) is 21.1 Å².